The van der Waals surface area contributed by atoms with Gasteiger partial charge in [-0.05, 0) is 40.5 Å². The summed E-state index contributed by atoms with van der Waals surface area (Å²) in [6.45, 7) is 0.955. The lowest BCUT2D eigenvalue weighted by Crippen LogP contribution is -2.08. The molecule has 0 aromatic heterocycles. The number of esters is 1. The van der Waals surface area contributed by atoms with Gasteiger partial charge in [0.1, 0.15) is 0 Å². The van der Waals surface area contributed by atoms with E-state index in [1.807, 2.05) is 36.4 Å². The van der Waals surface area contributed by atoms with Crippen molar-refractivity contribution in [1.82, 2.24) is 0 Å². The Bertz CT molecular complexity index is 959. The number of carbonyl (C=O) groups excluding carboxylic acids is 1. The average molecular weight is 479 g/mol. The summed E-state index contributed by atoms with van der Waals surface area (Å²) in [5, 5.41) is 12.4. The Balaban J connectivity index is 1.24. The summed E-state index contributed by atoms with van der Waals surface area (Å²) in [4.78, 5) is 17.1. The van der Waals surface area contributed by atoms with E-state index in [0.29, 0.717) is 18.8 Å². The van der Waals surface area contributed by atoms with Crippen LogP contribution in [-0.4, -0.2) is 24.4 Å². The van der Waals surface area contributed by atoms with Crippen LogP contribution in [0.2, 0.25) is 0 Å². The molecule has 4 nitrogen and oxygen atoms in total. The predicted molar refractivity (Wildman–Crippen MR) is 145 cm³/mol. The molecular weight excluding hydrogens is 436 g/mol. The summed E-state index contributed by atoms with van der Waals surface area (Å²) >= 11 is 0. The molecule has 0 spiro atoms. The highest BCUT2D eigenvalue weighted by Gasteiger charge is 2.15. The minimum atomic E-state index is -0.211. The third-order valence-electron chi connectivity index (χ3n) is 6.84. The van der Waals surface area contributed by atoms with Crippen LogP contribution in [0.5, 0.6) is 0 Å². The molecule has 190 valence electrons. The summed E-state index contributed by atoms with van der Waals surface area (Å²) < 4.78 is 5.71. The lowest BCUT2D eigenvalue weighted by Gasteiger charge is -2.11. The number of benzene rings is 3. The van der Waals surface area contributed by atoms with E-state index in [4.69, 9.17) is 9.99 Å². The highest BCUT2D eigenvalue weighted by atomic mass is 17.1. The fraction of sp³-hybridized carbons (Fsp3) is 0.516. The monoisotopic (exact) mass is 478 g/mol. The van der Waals surface area contributed by atoms with Crippen molar-refractivity contribution < 1.29 is 19.7 Å². The van der Waals surface area contributed by atoms with E-state index in [1.54, 1.807) is 0 Å². The van der Waals surface area contributed by atoms with Crippen molar-refractivity contribution in [2.45, 2.75) is 89.9 Å². The summed E-state index contributed by atoms with van der Waals surface area (Å²) in [6, 6.07) is 18.2. The first-order valence-corrected chi connectivity index (χ1v) is 13.7. The zero-order chi connectivity index (χ0) is 24.6. The highest BCUT2D eigenvalue weighted by molar-refractivity contribution is 6.16. The van der Waals surface area contributed by atoms with Gasteiger partial charge in [0.15, 0.2) is 0 Å². The quantitative estimate of drug-likeness (QED) is 0.0651. The van der Waals surface area contributed by atoms with E-state index in [2.05, 4.69) is 23.1 Å². The minimum Gasteiger partial charge on any atom is -0.462 e. The first kappa shape index (κ1) is 27.2. The van der Waals surface area contributed by atoms with Gasteiger partial charge < -0.3 is 4.74 Å². The maximum absolute atomic E-state index is 13.0. The van der Waals surface area contributed by atoms with Crippen molar-refractivity contribution in [1.29, 1.82) is 0 Å². The molecule has 0 bridgehead atoms. The number of hydrogen-bond donors (Lipinski definition) is 1. The summed E-state index contributed by atoms with van der Waals surface area (Å²) in [5.74, 6) is -0.211. The second kappa shape index (κ2) is 16.3. The van der Waals surface area contributed by atoms with Gasteiger partial charge >= 0.3 is 5.97 Å². The Morgan fingerprint density at radius 2 is 0.971 bits per heavy atom. The summed E-state index contributed by atoms with van der Waals surface area (Å²) in [6.07, 6.45) is 17.2. The summed E-state index contributed by atoms with van der Waals surface area (Å²) in [5.41, 5.74) is 0.690. The van der Waals surface area contributed by atoms with Crippen molar-refractivity contribution in [2.24, 2.45) is 0 Å². The van der Waals surface area contributed by atoms with Gasteiger partial charge in [0.25, 0.3) is 0 Å². The second-order valence-electron chi connectivity index (χ2n) is 9.61. The van der Waals surface area contributed by atoms with E-state index in [0.717, 1.165) is 47.2 Å². The number of unbranched alkanes of at least 4 members (excludes halogenated alkanes) is 13. The van der Waals surface area contributed by atoms with Crippen LogP contribution in [-0.2, 0) is 9.62 Å². The molecule has 1 N–H and O–H groups in total. The minimum absolute atomic E-state index is 0.211. The molecule has 0 saturated heterocycles. The van der Waals surface area contributed by atoms with Crippen LogP contribution in [0.3, 0.4) is 0 Å². The van der Waals surface area contributed by atoms with Crippen molar-refractivity contribution in [3.05, 3.63) is 60.2 Å². The van der Waals surface area contributed by atoms with Crippen LogP contribution >= 0.6 is 0 Å². The SMILES string of the molecule is O=C(OCCCCCCCCCCCCCCCCOO)c1c2ccccc2cc2ccccc12. The number of carbonyl (C=O) groups is 1. The van der Waals surface area contributed by atoms with E-state index in [-0.39, 0.29) is 5.97 Å². The van der Waals surface area contributed by atoms with Crippen LogP contribution in [0, 0.1) is 0 Å². The molecule has 3 aromatic carbocycles. The standard InChI is InChI=1S/C31H42O4/c32-31(30-28-21-15-13-19-26(28)25-27-20-14-16-22-29(27)30)34-23-17-11-9-7-5-3-1-2-4-6-8-10-12-18-24-35-33/h13-16,19-22,25,33H,1-12,17-18,23-24H2. The summed E-state index contributed by atoms with van der Waals surface area (Å²) in [7, 11) is 0. The van der Waals surface area contributed by atoms with Gasteiger partial charge in [-0.3, -0.25) is 5.26 Å². The van der Waals surface area contributed by atoms with Crippen LogP contribution in [0.4, 0.5) is 0 Å². The Hall–Kier alpha value is -2.43. The molecule has 0 heterocycles. The van der Waals surface area contributed by atoms with Gasteiger partial charge in [-0.1, -0.05) is 126 Å². The Morgan fingerprint density at radius 3 is 1.43 bits per heavy atom. The molecule has 0 atom stereocenters. The molecular formula is C31H42O4. The van der Waals surface area contributed by atoms with Crippen LogP contribution in [0.25, 0.3) is 21.5 Å². The van der Waals surface area contributed by atoms with Crippen LogP contribution < -0.4 is 0 Å². The van der Waals surface area contributed by atoms with Gasteiger partial charge in [0, 0.05) is 0 Å². The van der Waals surface area contributed by atoms with E-state index < -0.39 is 0 Å². The molecule has 3 rings (SSSR count). The number of fused-ring (bicyclic) bond motifs is 2. The van der Waals surface area contributed by atoms with Gasteiger partial charge in [-0.2, -0.15) is 0 Å². The van der Waals surface area contributed by atoms with Gasteiger partial charge in [0.2, 0.25) is 0 Å². The van der Waals surface area contributed by atoms with E-state index in [1.165, 1.54) is 64.2 Å². The third-order valence-corrected chi connectivity index (χ3v) is 6.84. The van der Waals surface area contributed by atoms with Crippen LogP contribution in [0.1, 0.15) is 100 Å². The Kier molecular flexibility index (Phi) is 12.6. The Labute approximate surface area is 210 Å². The Morgan fingerprint density at radius 1 is 0.571 bits per heavy atom. The molecule has 0 amide bonds. The van der Waals surface area contributed by atoms with E-state index >= 15 is 0 Å². The van der Waals surface area contributed by atoms with Crippen molar-refractivity contribution in [3.8, 4) is 0 Å². The molecule has 4 heteroatoms. The maximum atomic E-state index is 13.0. The number of hydrogen-bond acceptors (Lipinski definition) is 4. The van der Waals surface area contributed by atoms with Gasteiger partial charge in [-0.15, -0.1) is 0 Å². The smallest absolute Gasteiger partial charge is 0.339 e. The number of rotatable bonds is 18. The second-order valence-corrected chi connectivity index (χ2v) is 9.61. The molecule has 0 unspecified atom stereocenters. The predicted octanol–water partition coefficient (Wildman–Crippen LogP) is 9.10. The normalized spacial score (nSPS) is 11.3. The van der Waals surface area contributed by atoms with Crippen molar-refractivity contribution in [2.75, 3.05) is 13.2 Å². The van der Waals surface area contributed by atoms with Crippen LogP contribution in [0.15, 0.2) is 54.6 Å². The molecule has 0 aliphatic heterocycles. The average Bonchev–Trinajstić information content (AvgIpc) is 2.88. The molecule has 0 fully saturated rings. The zero-order valence-electron chi connectivity index (χ0n) is 21.2. The molecule has 3 aromatic rings. The van der Waals surface area contributed by atoms with Gasteiger partial charge in [0.05, 0.1) is 18.8 Å². The molecule has 35 heavy (non-hydrogen) atoms. The highest BCUT2D eigenvalue weighted by Crippen LogP contribution is 2.29. The lowest BCUT2D eigenvalue weighted by molar-refractivity contribution is -0.242. The third kappa shape index (κ3) is 9.27. The van der Waals surface area contributed by atoms with E-state index in [9.17, 15) is 4.79 Å². The molecule has 0 radical (unpaired) electrons. The fourth-order valence-corrected chi connectivity index (χ4v) is 4.86. The first-order valence-electron chi connectivity index (χ1n) is 13.7. The molecule has 0 aliphatic carbocycles. The zero-order valence-corrected chi connectivity index (χ0v) is 21.2. The largest absolute Gasteiger partial charge is 0.462 e. The lowest BCUT2D eigenvalue weighted by atomic mass is 9.97. The first-order chi connectivity index (χ1) is 17.3. The number of ether oxygens (including phenoxy) is 1. The topological polar surface area (TPSA) is 55.8 Å². The maximum Gasteiger partial charge on any atom is 0.339 e. The van der Waals surface area contributed by atoms with Crippen molar-refractivity contribution >= 4 is 27.5 Å². The molecule has 0 aliphatic rings. The van der Waals surface area contributed by atoms with Gasteiger partial charge in [-0.25, -0.2) is 9.68 Å². The fourth-order valence-electron chi connectivity index (χ4n) is 4.86. The molecule has 0 saturated carbocycles. The van der Waals surface area contributed by atoms with Crippen molar-refractivity contribution in [3.63, 3.8) is 0 Å².